The minimum atomic E-state index is -2.93. The molecule has 2 heterocycles. The predicted octanol–water partition coefficient (Wildman–Crippen LogP) is 5.54. The highest BCUT2D eigenvalue weighted by atomic mass is 19.3. The number of hydrogen-bond donors (Lipinski definition) is 0. The molecule has 0 N–H and O–H groups in total. The summed E-state index contributed by atoms with van der Waals surface area (Å²) in [6.07, 6.45) is -0.0215. The zero-order chi connectivity index (χ0) is 21.4. The molecule has 31 heavy (non-hydrogen) atoms. The lowest BCUT2D eigenvalue weighted by Gasteiger charge is -2.38. The number of alkyl halides is 2. The van der Waals surface area contributed by atoms with Crippen LogP contribution in [0.4, 0.5) is 8.78 Å². The number of benzene rings is 3. The molecule has 5 rings (SSSR count). The molecule has 0 aromatic heterocycles. The van der Waals surface area contributed by atoms with Crippen molar-refractivity contribution in [2.75, 3.05) is 7.11 Å². The second-order valence-electron chi connectivity index (χ2n) is 7.30. The number of rotatable bonds is 5. The minimum absolute atomic E-state index is 0.0772. The van der Waals surface area contributed by atoms with Gasteiger partial charge in [0.1, 0.15) is 17.2 Å². The highest BCUT2D eigenvalue weighted by molar-refractivity contribution is 6.02. The maximum absolute atomic E-state index is 13.0. The van der Waals surface area contributed by atoms with E-state index < -0.39 is 12.8 Å². The Balaban J connectivity index is 1.57. The standard InChI is InChI=1S/C24H20F2N2O3/c1-29-16-12-10-15(11-13-16)19-14-20-17-6-2-4-8-21(17)30-23(28(20)27-19)18-7-3-5-9-22(18)31-24(25)26/h2-13,20,23-24H,14H2,1H3/t20-,23-/m1/s1. The number of ether oxygens (including phenoxy) is 3. The van der Waals surface area contributed by atoms with Gasteiger partial charge in [-0.3, -0.25) is 0 Å². The smallest absolute Gasteiger partial charge is 0.387 e. The highest BCUT2D eigenvalue weighted by Crippen LogP contribution is 2.48. The van der Waals surface area contributed by atoms with Gasteiger partial charge in [0.05, 0.1) is 24.4 Å². The predicted molar refractivity (Wildman–Crippen MR) is 112 cm³/mol. The van der Waals surface area contributed by atoms with Crippen LogP contribution < -0.4 is 14.2 Å². The topological polar surface area (TPSA) is 43.3 Å². The number of para-hydroxylation sites is 2. The Labute approximate surface area is 178 Å². The van der Waals surface area contributed by atoms with Crippen LogP contribution in [0.25, 0.3) is 0 Å². The van der Waals surface area contributed by atoms with E-state index in [2.05, 4.69) is 0 Å². The molecule has 0 aliphatic carbocycles. The molecule has 2 atom stereocenters. The van der Waals surface area contributed by atoms with Crippen LogP contribution in [0.5, 0.6) is 17.2 Å². The van der Waals surface area contributed by atoms with Gasteiger partial charge in [-0.1, -0.05) is 30.3 Å². The van der Waals surface area contributed by atoms with Crippen LogP contribution in [0.2, 0.25) is 0 Å². The lowest BCUT2D eigenvalue weighted by Crippen LogP contribution is -2.34. The van der Waals surface area contributed by atoms with Crippen LogP contribution in [0, 0.1) is 0 Å². The van der Waals surface area contributed by atoms with Crippen LogP contribution in [0.3, 0.4) is 0 Å². The largest absolute Gasteiger partial charge is 0.497 e. The average molecular weight is 422 g/mol. The summed E-state index contributed by atoms with van der Waals surface area (Å²) in [4.78, 5) is 0. The zero-order valence-corrected chi connectivity index (χ0v) is 16.7. The summed E-state index contributed by atoms with van der Waals surface area (Å²) in [5.74, 6) is 1.56. The van der Waals surface area contributed by atoms with Crippen LogP contribution in [0.15, 0.2) is 77.9 Å². The van der Waals surface area contributed by atoms with Crippen molar-refractivity contribution in [3.63, 3.8) is 0 Å². The number of methoxy groups -OCH3 is 1. The third-order valence-corrected chi connectivity index (χ3v) is 5.52. The van der Waals surface area contributed by atoms with Crippen molar-refractivity contribution < 1.29 is 23.0 Å². The van der Waals surface area contributed by atoms with Gasteiger partial charge in [0.25, 0.3) is 0 Å². The monoisotopic (exact) mass is 422 g/mol. The van der Waals surface area contributed by atoms with E-state index in [1.54, 1.807) is 25.3 Å². The first kappa shape index (κ1) is 19.4. The minimum Gasteiger partial charge on any atom is -0.497 e. The van der Waals surface area contributed by atoms with E-state index in [0.717, 1.165) is 22.6 Å². The van der Waals surface area contributed by atoms with Crippen LogP contribution >= 0.6 is 0 Å². The van der Waals surface area contributed by atoms with Gasteiger partial charge in [0, 0.05) is 12.0 Å². The second kappa shape index (κ2) is 7.91. The highest BCUT2D eigenvalue weighted by Gasteiger charge is 2.42. The van der Waals surface area contributed by atoms with Crippen molar-refractivity contribution in [3.8, 4) is 17.2 Å². The number of hydrogen-bond acceptors (Lipinski definition) is 5. The quantitative estimate of drug-likeness (QED) is 0.542. The number of hydrazone groups is 1. The van der Waals surface area contributed by atoms with Gasteiger partial charge < -0.3 is 14.2 Å². The van der Waals surface area contributed by atoms with E-state index in [-0.39, 0.29) is 11.8 Å². The van der Waals surface area contributed by atoms with Gasteiger partial charge in [-0.05, 0) is 48.0 Å². The molecule has 0 radical (unpaired) electrons. The molecule has 0 spiro atoms. The Morgan fingerprint density at radius 1 is 0.968 bits per heavy atom. The molecule has 0 saturated carbocycles. The van der Waals surface area contributed by atoms with Gasteiger partial charge in [-0.15, -0.1) is 0 Å². The zero-order valence-electron chi connectivity index (χ0n) is 16.7. The fourth-order valence-electron chi connectivity index (χ4n) is 4.09. The lowest BCUT2D eigenvalue weighted by atomic mass is 9.96. The third-order valence-electron chi connectivity index (χ3n) is 5.52. The van der Waals surface area contributed by atoms with E-state index in [0.29, 0.717) is 17.7 Å². The summed E-state index contributed by atoms with van der Waals surface area (Å²) < 4.78 is 42.3. The summed E-state index contributed by atoms with van der Waals surface area (Å²) in [5, 5.41) is 6.70. The fourth-order valence-corrected chi connectivity index (χ4v) is 4.09. The van der Waals surface area contributed by atoms with Crippen molar-refractivity contribution in [1.29, 1.82) is 0 Å². The van der Waals surface area contributed by atoms with E-state index in [9.17, 15) is 8.78 Å². The Kier molecular flexibility index (Phi) is 4.94. The lowest BCUT2D eigenvalue weighted by molar-refractivity contribution is -0.0578. The molecule has 3 aromatic rings. The van der Waals surface area contributed by atoms with E-state index >= 15 is 0 Å². The molecular weight excluding hydrogens is 402 g/mol. The summed E-state index contributed by atoms with van der Waals surface area (Å²) in [7, 11) is 1.63. The number of fused-ring (bicyclic) bond motifs is 3. The van der Waals surface area contributed by atoms with E-state index in [1.807, 2.05) is 53.5 Å². The molecule has 0 amide bonds. The summed E-state index contributed by atoms with van der Waals surface area (Å²) >= 11 is 0. The molecule has 5 nitrogen and oxygen atoms in total. The van der Waals surface area contributed by atoms with Crippen molar-refractivity contribution in [3.05, 3.63) is 89.5 Å². The summed E-state index contributed by atoms with van der Waals surface area (Å²) in [5.41, 5.74) is 3.38. The molecule has 0 unspecified atom stereocenters. The fraction of sp³-hybridized carbons (Fsp3) is 0.208. The number of halogens is 2. The Morgan fingerprint density at radius 3 is 2.42 bits per heavy atom. The molecule has 7 heteroatoms. The maximum atomic E-state index is 13.0. The maximum Gasteiger partial charge on any atom is 0.387 e. The van der Waals surface area contributed by atoms with Crippen LogP contribution in [0.1, 0.15) is 35.4 Å². The molecule has 3 aromatic carbocycles. The second-order valence-corrected chi connectivity index (χ2v) is 7.30. The van der Waals surface area contributed by atoms with Crippen LogP contribution in [-0.2, 0) is 0 Å². The normalized spacial score (nSPS) is 19.4. The molecular formula is C24H20F2N2O3. The van der Waals surface area contributed by atoms with E-state index in [1.165, 1.54) is 6.07 Å². The Bertz CT molecular complexity index is 1120. The van der Waals surface area contributed by atoms with Crippen LogP contribution in [-0.4, -0.2) is 24.4 Å². The van der Waals surface area contributed by atoms with Crippen molar-refractivity contribution >= 4 is 5.71 Å². The Hall–Kier alpha value is -3.61. The van der Waals surface area contributed by atoms with Gasteiger partial charge >= 0.3 is 6.61 Å². The average Bonchev–Trinajstić information content (AvgIpc) is 3.24. The summed E-state index contributed by atoms with van der Waals surface area (Å²) in [6, 6.07) is 22.1. The molecule has 2 aliphatic heterocycles. The van der Waals surface area contributed by atoms with Crippen molar-refractivity contribution in [2.45, 2.75) is 25.3 Å². The van der Waals surface area contributed by atoms with E-state index in [4.69, 9.17) is 19.3 Å². The van der Waals surface area contributed by atoms with Gasteiger partial charge in [0.15, 0.2) is 0 Å². The molecule has 158 valence electrons. The molecule has 0 fully saturated rings. The summed E-state index contributed by atoms with van der Waals surface area (Å²) in [6.45, 7) is -2.93. The first-order valence-corrected chi connectivity index (χ1v) is 9.93. The van der Waals surface area contributed by atoms with Crippen molar-refractivity contribution in [2.24, 2.45) is 5.10 Å². The van der Waals surface area contributed by atoms with Gasteiger partial charge in [-0.25, -0.2) is 5.01 Å². The Morgan fingerprint density at radius 2 is 1.68 bits per heavy atom. The third kappa shape index (κ3) is 3.56. The van der Waals surface area contributed by atoms with Crippen molar-refractivity contribution in [1.82, 2.24) is 5.01 Å². The SMILES string of the molecule is COc1ccc(C2=NN3[C@H](C2)c2ccccc2O[C@@H]3c2ccccc2OC(F)F)cc1. The molecule has 2 aliphatic rings. The van der Waals surface area contributed by atoms with Gasteiger partial charge in [-0.2, -0.15) is 13.9 Å². The first-order chi connectivity index (χ1) is 15.1. The molecule has 0 bridgehead atoms. The molecule has 0 saturated heterocycles. The van der Waals surface area contributed by atoms with Gasteiger partial charge in [0.2, 0.25) is 6.23 Å². The number of nitrogens with zero attached hydrogens (tertiary/aromatic N) is 2. The first-order valence-electron chi connectivity index (χ1n) is 9.93.